The van der Waals surface area contributed by atoms with Gasteiger partial charge in [-0.2, -0.15) is 0 Å². The van der Waals surface area contributed by atoms with E-state index in [1.165, 1.54) is 0 Å². The van der Waals surface area contributed by atoms with E-state index >= 15 is 0 Å². The number of carbonyl (C=O) groups is 1. The first-order valence-electron chi connectivity index (χ1n) is 4.57. The van der Waals surface area contributed by atoms with E-state index in [0.29, 0.717) is 19.4 Å². The highest BCUT2D eigenvalue weighted by Gasteiger charge is 2.15. The van der Waals surface area contributed by atoms with Gasteiger partial charge < -0.3 is 4.74 Å². The van der Waals surface area contributed by atoms with Crippen LogP contribution in [-0.4, -0.2) is 40.3 Å². The molecule has 0 aliphatic heterocycles. The Morgan fingerprint density at radius 1 is 1.50 bits per heavy atom. The van der Waals surface area contributed by atoms with Gasteiger partial charge in [-0.3, -0.25) is 4.79 Å². The van der Waals surface area contributed by atoms with E-state index in [9.17, 15) is 13.2 Å². The largest absolute Gasteiger partial charge is 0.468 e. The van der Waals surface area contributed by atoms with Gasteiger partial charge in [0.25, 0.3) is 0 Å². The minimum absolute atomic E-state index is 0.209. The van der Waals surface area contributed by atoms with Gasteiger partial charge in [0.15, 0.2) is 5.75 Å². The third-order valence-corrected chi connectivity index (χ3v) is 2.87. The molecule has 0 rings (SSSR count). The van der Waals surface area contributed by atoms with E-state index in [0.717, 1.165) is 7.11 Å². The highest BCUT2D eigenvalue weighted by atomic mass is 32.2. The van der Waals surface area contributed by atoms with E-state index < -0.39 is 21.7 Å². The van der Waals surface area contributed by atoms with Crippen LogP contribution in [0.5, 0.6) is 0 Å². The molecule has 0 heterocycles. The van der Waals surface area contributed by atoms with Crippen molar-refractivity contribution in [2.45, 2.75) is 12.8 Å². The van der Waals surface area contributed by atoms with Crippen molar-refractivity contribution in [2.24, 2.45) is 5.11 Å². The molecular weight excluding hydrogens is 236 g/mol. The second-order valence-electron chi connectivity index (χ2n) is 2.89. The van der Waals surface area contributed by atoms with Gasteiger partial charge in [0.1, 0.15) is 0 Å². The summed E-state index contributed by atoms with van der Waals surface area (Å²) < 4.78 is 28.9. The fourth-order valence-corrected chi connectivity index (χ4v) is 1.83. The molecule has 0 fully saturated rings. The molecule has 8 nitrogen and oxygen atoms in total. The van der Waals surface area contributed by atoms with Crippen LogP contribution in [0.3, 0.4) is 0 Å². The molecule has 16 heavy (non-hydrogen) atoms. The lowest BCUT2D eigenvalue weighted by molar-refractivity contribution is -0.137. The number of nitrogens with zero attached hydrogens (tertiary/aromatic N) is 3. The number of ether oxygens (including phenoxy) is 1. The fourth-order valence-electron chi connectivity index (χ4n) is 0.845. The van der Waals surface area contributed by atoms with Gasteiger partial charge in [-0.1, -0.05) is 5.11 Å². The van der Waals surface area contributed by atoms with Crippen LogP contribution < -0.4 is 4.72 Å². The fraction of sp³-hybridized carbons (Fsp3) is 0.857. The summed E-state index contributed by atoms with van der Waals surface area (Å²) in [4.78, 5) is 13.3. The number of sulfonamides is 1. The average Bonchev–Trinajstić information content (AvgIpc) is 2.22. The molecule has 0 amide bonds. The van der Waals surface area contributed by atoms with Crippen molar-refractivity contribution < 1.29 is 17.9 Å². The number of carbonyl (C=O) groups excluding carboxylic acids is 1. The van der Waals surface area contributed by atoms with Gasteiger partial charge in [-0.05, 0) is 18.4 Å². The molecule has 0 aliphatic rings. The summed E-state index contributed by atoms with van der Waals surface area (Å²) in [7, 11) is -2.49. The van der Waals surface area contributed by atoms with Crippen LogP contribution in [0.4, 0.5) is 0 Å². The van der Waals surface area contributed by atoms with Crippen molar-refractivity contribution in [1.82, 2.24) is 4.72 Å². The van der Waals surface area contributed by atoms with Crippen molar-refractivity contribution >= 4 is 16.0 Å². The number of methoxy groups -OCH3 is 1. The minimum Gasteiger partial charge on any atom is -0.468 e. The molecule has 0 bridgehead atoms. The molecule has 0 spiro atoms. The highest BCUT2D eigenvalue weighted by Crippen LogP contribution is 1.91. The lowest BCUT2D eigenvalue weighted by atomic mass is 10.3. The average molecular weight is 250 g/mol. The molecule has 9 heteroatoms. The zero-order chi connectivity index (χ0) is 12.4. The van der Waals surface area contributed by atoms with Gasteiger partial charge in [-0.25, -0.2) is 13.1 Å². The van der Waals surface area contributed by atoms with Crippen molar-refractivity contribution in [3.63, 3.8) is 0 Å². The van der Waals surface area contributed by atoms with Crippen molar-refractivity contribution in [1.29, 1.82) is 0 Å². The smallest absolute Gasteiger partial charge is 0.322 e. The van der Waals surface area contributed by atoms with Crippen molar-refractivity contribution in [2.75, 3.05) is 26.0 Å². The van der Waals surface area contributed by atoms with Crippen LogP contribution in [-0.2, 0) is 19.6 Å². The highest BCUT2D eigenvalue weighted by molar-refractivity contribution is 7.90. The Labute approximate surface area is 93.6 Å². The Morgan fingerprint density at radius 2 is 2.19 bits per heavy atom. The van der Waals surface area contributed by atoms with Crippen LogP contribution in [0, 0.1) is 0 Å². The van der Waals surface area contributed by atoms with Gasteiger partial charge in [0.05, 0.1) is 7.11 Å². The minimum atomic E-state index is -3.61. The monoisotopic (exact) mass is 250 g/mol. The van der Waals surface area contributed by atoms with Crippen molar-refractivity contribution in [3.8, 4) is 0 Å². The predicted molar refractivity (Wildman–Crippen MR) is 57.1 cm³/mol. The molecule has 0 unspecified atom stereocenters. The van der Waals surface area contributed by atoms with Crippen LogP contribution in [0.15, 0.2) is 5.11 Å². The second kappa shape index (κ2) is 7.91. The van der Waals surface area contributed by atoms with E-state index in [2.05, 4.69) is 19.5 Å². The molecule has 0 aliphatic carbocycles. The van der Waals surface area contributed by atoms with Gasteiger partial charge in [-0.15, -0.1) is 0 Å². The molecule has 92 valence electrons. The summed E-state index contributed by atoms with van der Waals surface area (Å²) in [6, 6.07) is 0. The summed E-state index contributed by atoms with van der Waals surface area (Å²) in [6.07, 6.45) is 1.13. The number of azide groups is 1. The summed E-state index contributed by atoms with van der Waals surface area (Å²) >= 11 is 0. The maximum atomic E-state index is 11.2. The van der Waals surface area contributed by atoms with Crippen LogP contribution >= 0.6 is 0 Å². The Kier molecular flexibility index (Phi) is 7.27. The van der Waals surface area contributed by atoms with E-state index in [1.54, 1.807) is 0 Å². The van der Waals surface area contributed by atoms with Gasteiger partial charge in [0, 0.05) is 18.0 Å². The zero-order valence-electron chi connectivity index (χ0n) is 8.92. The third-order valence-electron chi connectivity index (χ3n) is 1.61. The number of hydrogen-bond acceptors (Lipinski definition) is 5. The Morgan fingerprint density at radius 3 is 2.75 bits per heavy atom. The standard InChI is InChI=1S/C7H14N4O4S/c1-15-7(12)6-16(13,14)10-5-3-2-4-9-11-8/h10H,2-6H2,1H3. The van der Waals surface area contributed by atoms with E-state index in [-0.39, 0.29) is 6.54 Å². The lowest BCUT2D eigenvalue weighted by Crippen LogP contribution is -2.31. The summed E-state index contributed by atoms with van der Waals surface area (Å²) in [6.45, 7) is 0.537. The lowest BCUT2D eigenvalue weighted by Gasteiger charge is -2.04. The maximum absolute atomic E-state index is 11.2. The number of hydrogen-bond donors (Lipinski definition) is 1. The first kappa shape index (κ1) is 14.7. The zero-order valence-corrected chi connectivity index (χ0v) is 9.73. The van der Waals surface area contributed by atoms with Crippen LogP contribution in [0.1, 0.15) is 12.8 Å². The van der Waals surface area contributed by atoms with Crippen LogP contribution in [0.25, 0.3) is 10.4 Å². The molecular formula is C7H14N4O4S. The first-order valence-corrected chi connectivity index (χ1v) is 6.22. The first-order chi connectivity index (χ1) is 7.52. The number of rotatable bonds is 8. The predicted octanol–water partition coefficient (Wildman–Crippen LogP) is 0.169. The van der Waals surface area contributed by atoms with Crippen molar-refractivity contribution in [3.05, 3.63) is 10.4 Å². The third kappa shape index (κ3) is 8.04. The van der Waals surface area contributed by atoms with E-state index in [1.807, 2.05) is 0 Å². The maximum Gasteiger partial charge on any atom is 0.322 e. The van der Waals surface area contributed by atoms with Gasteiger partial charge in [0.2, 0.25) is 10.0 Å². The molecule has 0 aromatic rings. The number of esters is 1. The Hall–Kier alpha value is -1.31. The Bertz CT molecular complexity index is 361. The molecule has 0 aromatic carbocycles. The molecule has 1 N–H and O–H groups in total. The number of unbranched alkanes of at least 4 members (excludes halogenated alkanes) is 1. The molecule has 0 atom stereocenters. The quantitative estimate of drug-likeness (QED) is 0.217. The molecule has 0 aromatic heterocycles. The molecule has 0 radical (unpaired) electrons. The second-order valence-corrected chi connectivity index (χ2v) is 4.70. The summed E-state index contributed by atoms with van der Waals surface area (Å²) in [5, 5.41) is 3.30. The molecule has 0 saturated heterocycles. The topological polar surface area (TPSA) is 121 Å². The normalized spacial score (nSPS) is 10.6. The summed E-state index contributed by atoms with van der Waals surface area (Å²) in [5.74, 6) is -1.48. The number of nitrogens with one attached hydrogen (secondary N) is 1. The van der Waals surface area contributed by atoms with Gasteiger partial charge >= 0.3 is 5.97 Å². The summed E-state index contributed by atoms with van der Waals surface area (Å²) in [5.41, 5.74) is 7.97. The Balaban J connectivity index is 3.74. The van der Waals surface area contributed by atoms with Crippen LogP contribution in [0.2, 0.25) is 0 Å². The van der Waals surface area contributed by atoms with E-state index in [4.69, 9.17) is 5.53 Å². The SMILES string of the molecule is COC(=O)CS(=O)(=O)NCCCCN=[N+]=[N-]. The molecule has 0 saturated carbocycles.